The van der Waals surface area contributed by atoms with Gasteiger partial charge in [0.1, 0.15) is 16.4 Å². The maximum Gasteiger partial charge on any atom is 0.573 e. The van der Waals surface area contributed by atoms with E-state index in [1.165, 1.54) is 24.3 Å². The number of hydrogen-bond donors (Lipinski definition) is 1. The highest BCUT2D eigenvalue weighted by molar-refractivity contribution is 7.92. The fourth-order valence-corrected chi connectivity index (χ4v) is 3.58. The zero-order valence-electron chi connectivity index (χ0n) is 14.7. The predicted molar refractivity (Wildman–Crippen MR) is 95.3 cm³/mol. The van der Waals surface area contributed by atoms with E-state index in [9.17, 15) is 21.6 Å². The first-order chi connectivity index (χ1) is 13.0. The van der Waals surface area contributed by atoms with Gasteiger partial charge in [0.15, 0.2) is 0 Å². The standard InChI is InChI=1S/C18H15F3N2O4S/c1-11-12(2)26-17(22-11)13-6-5-7-14(10-13)23-28(24,25)16-9-4-3-8-15(16)27-18(19,20)21/h3-10,23H,1-2H3. The zero-order chi connectivity index (χ0) is 20.5. The van der Waals surface area contributed by atoms with E-state index < -0.39 is 27.0 Å². The topological polar surface area (TPSA) is 81.4 Å². The molecule has 148 valence electrons. The van der Waals surface area contributed by atoms with E-state index in [2.05, 4.69) is 14.4 Å². The molecule has 0 fully saturated rings. The number of rotatable bonds is 5. The predicted octanol–water partition coefficient (Wildman–Crippen LogP) is 4.66. The van der Waals surface area contributed by atoms with Gasteiger partial charge >= 0.3 is 6.36 Å². The summed E-state index contributed by atoms with van der Waals surface area (Å²) in [6.07, 6.45) is -5.02. The van der Waals surface area contributed by atoms with Crippen LogP contribution >= 0.6 is 0 Å². The summed E-state index contributed by atoms with van der Waals surface area (Å²) < 4.78 is 74.5. The summed E-state index contributed by atoms with van der Waals surface area (Å²) >= 11 is 0. The molecule has 0 saturated carbocycles. The molecule has 0 saturated heterocycles. The number of benzene rings is 2. The highest BCUT2D eigenvalue weighted by atomic mass is 32.2. The van der Waals surface area contributed by atoms with Crippen LogP contribution < -0.4 is 9.46 Å². The molecule has 0 aliphatic rings. The molecule has 1 heterocycles. The molecule has 0 amide bonds. The van der Waals surface area contributed by atoms with Gasteiger partial charge in [0, 0.05) is 11.3 Å². The maximum absolute atomic E-state index is 12.6. The lowest BCUT2D eigenvalue weighted by molar-refractivity contribution is -0.275. The van der Waals surface area contributed by atoms with Crippen molar-refractivity contribution >= 4 is 15.7 Å². The third kappa shape index (κ3) is 4.45. The average molecular weight is 412 g/mol. The Balaban J connectivity index is 1.93. The van der Waals surface area contributed by atoms with Crippen LogP contribution in [0.15, 0.2) is 57.8 Å². The van der Waals surface area contributed by atoms with E-state index >= 15 is 0 Å². The third-order valence-corrected chi connectivity index (χ3v) is 5.18. The molecule has 10 heteroatoms. The molecule has 0 unspecified atom stereocenters. The number of anilines is 1. The van der Waals surface area contributed by atoms with Gasteiger partial charge in [-0.3, -0.25) is 4.72 Å². The Morgan fingerprint density at radius 3 is 2.43 bits per heavy atom. The molecule has 0 atom stereocenters. The number of aryl methyl sites for hydroxylation is 2. The molecule has 3 aromatic rings. The van der Waals surface area contributed by atoms with Crippen LogP contribution in [0.3, 0.4) is 0 Å². The van der Waals surface area contributed by atoms with Crippen LogP contribution in [0, 0.1) is 13.8 Å². The van der Waals surface area contributed by atoms with Gasteiger partial charge in [-0.1, -0.05) is 18.2 Å². The van der Waals surface area contributed by atoms with Gasteiger partial charge < -0.3 is 9.15 Å². The fraction of sp³-hybridized carbons (Fsp3) is 0.167. The fourth-order valence-electron chi connectivity index (χ4n) is 2.40. The largest absolute Gasteiger partial charge is 0.573 e. The van der Waals surface area contributed by atoms with Crippen molar-refractivity contribution in [3.8, 4) is 17.2 Å². The summed E-state index contributed by atoms with van der Waals surface area (Å²) in [6.45, 7) is 3.52. The second-order valence-corrected chi connectivity index (χ2v) is 7.49. The molecule has 28 heavy (non-hydrogen) atoms. The Morgan fingerprint density at radius 2 is 1.79 bits per heavy atom. The molecule has 1 aromatic heterocycles. The number of sulfonamides is 1. The van der Waals surface area contributed by atoms with Gasteiger partial charge in [-0.05, 0) is 44.2 Å². The highest BCUT2D eigenvalue weighted by Crippen LogP contribution is 2.31. The van der Waals surface area contributed by atoms with Gasteiger partial charge in [-0.25, -0.2) is 13.4 Å². The molecular weight excluding hydrogens is 397 g/mol. The number of nitrogens with one attached hydrogen (secondary N) is 1. The Labute approximate surface area is 159 Å². The molecule has 0 radical (unpaired) electrons. The van der Waals surface area contributed by atoms with Crippen molar-refractivity contribution in [3.63, 3.8) is 0 Å². The molecular formula is C18H15F3N2O4S. The molecule has 1 N–H and O–H groups in total. The first-order valence-electron chi connectivity index (χ1n) is 7.97. The van der Waals surface area contributed by atoms with Crippen molar-refractivity contribution in [1.82, 2.24) is 4.98 Å². The Hall–Kier alpha value is -3.01. The summed E-state index contributed by atoms with van der Waals surface area (Å²) in [7, 11) is -4.34. The lowest BCUT2D eigenvalue weighted by atomic mass is 10.2. The number of para-hydroxylation sites is 1. The van der Waals surface area contributed by atoms with Gasteiger partial charge in [-0.15, -0.1) is 13.2 Å². The van der Waals surface area contributed by atoms with Gasteiger partial charge in [0.05, 0.1) is 5.69 Å². The van der Waals surface area contributed by atoms with Crippen LogP contribution in [-0.2, 0) is 10.0 Å². The van der Waals surface area contributed by atoms with Crippen molar-refractivity contribution < 1.29 is 30.7 Å². The molecule has 0 spiro atoms. The zero-order valence-corrected chi connectivity index (χ0v) is 15.6. The van der Waals surface area contributed by atoms with Crippen molar-refractivity contribution in [3.05, 3.63) is 60.0 Å². The molecule has 2 aromatic carbocycles. The quantitative estimate of drug-likeness (QED) is 0.659. The minimum Gasteiger partial charge on any atom is -0.441 e. The maximum atomic E-state index is 12.6. The smallest absolute Gasteiger partial charge is 0.441 e. The second kappa shape index (κ2) is 7.19. The van der Waals surface area contributed by atoms with E-state index in [1.54, 1.807) is 26.0 Å². The van der Waals surface area contributed by atoms with Crippen molar-refractivity contribution in [2.45, 2.75) is 25.1 Å². The van der Waals surface area contributed by atoms with Gasteiger partial charge in [-0.2, -0.15) is 0 Å². The minimum atomic E-state index is -5.02. The number of halogens is 3. The summed E-state index contributed by atoms with van der Waals surface area (Å²) in [4.78, 5) is 3.60. The van der Waals surface area contributed by atoms with E-state index in [1.807, 2.05) is 0 Å². The lowest BCUT2D eigenvalue weighted by Gasteiger charge is -2.14. The Bertz CT molecular complexity index is 1090. The summed E-state index contributed by atoms with van der Waals surface area (Å²) in [6, 6.07) is 10.7. The van der Waals surface area contributed by atoms with Gasteiger partial charge in [0.25, 0.3) is 10.0 Å². The molecule has 6 nitrogen and oxygen atoms in total. The van der Waals surface area contributed by atoms with Gasteiger partial charge in [0.2, 0.25) is 5.89 Å². The SMILES string of the molecule is Cc1nc(-c2cccc(NS(=O)(=O)c3ccccc3OC(F)(F)F)c2)oc1C. The minimum absolute atomic E-state index is 0.132. The summed E-state index contributed by atoms with van der Waals surface area (Å²) in [5.41, 5.74) is 1.34. The van der Waals surface area contributed by atoms with Crippen molar-refractivity contribution in [2.24, 2.45) is 0 Å². The number of oxazole rings is 1. The first-order valence-corrected chi connectivity index (χ1v) is 9.45. The van der Waals surface area contributed by atoms with Crippen LogP contribution in [0.5, 0.6) is 5.75 Å². The molecule has 0 aliphatic heterocycles. The Morgan fingerprint density at radius 1 is 1.07 bits per heavy atom. The van der Waals surface area contributed by atoms with Crippen LogP contribution in [0.2, 0.25) is 0 Å². The van der Waals surface area contributed by atoms with E-state index in [0.29, 0.717) is 22.9 Å². The van der Waals surface area contributed by atoms with Crippen LogP contribution in [-0.4, -0.2) is 19.8 Å². The average Bonchev–Trinajstić information content (AvgIpc) is 2.93. The number of ether oxygens (including phenoxy) is 1. The van der Waals surface area contributed by atoms with Crippen LogP contribution in [0.4, 0.5) is 18.9 Å². The first kappa shape index (κ1) is 19.7. The highest BCUT2D eigenvalue weighted by Gasteiger charge is 2.34. The van der Waals surface area contributed by atoms with Crippen LogP contribution in [0.25, 0.3) is 11.5 Å². The molecule has 0 aliphatic carbocycles. The number of hydrogen-bond acceptors (Lipinski definition) is 5. The summed E-state index contributed by atoms with van der Waals surface area (Å²) in [5.74, 6) is 0.105. The monoisotopic (exact) mass is 412 g/mol. The number of nitrogens with zero attached hydrogens (tertiary/aromatic N) is 1. The molecule has 0 bridgehead atoms. The van der Waals surface area contributed by atoms with Crippen LogP contribution in [0.1, 0.15) is 11.5 Å². The second-order valence-electron chi connectivity index (χ2n) is 5.84. The number of alkyl halides is 3. The van der Waals surface area contributed by atoms with E-state index in [0.717, 1.165) is 12.1 Å². The number of aromatic nitrogens is 1. The van der Waals surface area contributed by atoms with E-state index in [-0.39, 0.29) is 5.69 Å². The Kier molecular flexibility index (Phi) is 5.07. The summed E-state index contributed by atoms with van der Waals surface area (Å²) in [5, 5.41) is 0. The molecule has 3 rings (SSSR count). The normalized spacial score (nSPS) is 12.0. The van der Waals surface area contributed by atoms with Crippen molar-refractivity contribution in [1.29, 1.82) is 0 Å². The van der Waals surface area contributed by atoms with Crippen molar-refractivity contribution in [2.75, 3.05) is 4.72 Å². The van der Waals surface area contributed by atoms with E-state index in [4.69, 9.17) is 4.42 Å². The third-order valence-electron chi connectivity index (χ3n) is 3.75. The lowest BCUT2D eigenvalue weighted by Crippen LogP contribution is -2.20.